The van der Waals surface area contributed by atoms with E-state index in [1.165, 1.54) is 0 Å². The van der Waals surface area contributed by atoms with E-state index in [0.29, 0.717) is 25.9 Å². The molecule has 2 amide bonds. The fraction of sp³-hybridized carbons (Fsp3) is 0.364. The van der Waals surface area contributed by atoms with Crippen LogP contribution in [0.15, 0.2) is 60.7 Å². The van der Waals surface area contributed by atoms with Gasteiger partial charge in [0.1, 0.15) is 6.04 Å². The molecule has 0 bridgehead atoms. The van der Waals surface area contributed by atoms with Crippen LogP contribution in [-0.2, 0) is 22.6 Å². The van der Waals surface area contributed by atoms with Crippen LogP contribution in [0.25, 0.3) is 0 Å². The number of nitrogens with zero attached hydrogens (tertiary/aromatic N) is 1. The number of nitrogens with one attached hydrogen (secondary N) is 1. The van der Waals surface area contributed by atoms with Crippen LogP contribution in [0.2, 0.25) is 0 Å². The van der Waals surface area contributed by atoms with E-state index < -0.39 is 6.04 Å². The van der Waals surface area contributed by atoms with Crippen LogP contribution in [0.4, 0.5) is 0 Å². The maximum absolute atomic E-state index is 12.9. The van der Waals surface area contributed by atoms with Crippen molar-refractivity contribution in [3.63, 3.8) is 0 Å². The lowest BCUT2D eigenvalue weighted by molar-refractivity contribution is -0.140. The van der Waals surface area contributed by atoms with Gasteiger partial charge in [0.25, 0.3) is 0 Å². The van der Waals surface area contributed by atoms with Crippen LogP contribution in [-0.4, -0.2) is 29.3 Å². The Bertz CT molecular complexity index is 686. The van der Waals surface area contributed by atoms with Gasteiger partial charge in [-0.05, 0) is 30.9 Å². The van der Waals surface area contributed by atoms with Crippen molar-refractivity contribution in [3.05, 3.63) is 71.8 Å². The first-order valence-electron chi connectivity index (χ1n) is 9.26. The number of aryl methyl sites for hydroxylation is 1. The van der Waals surface area contributed by atoms with E-state index in [1.807, 2.05) is 67.6 Å². The molecule has 0 aromatic heterocycles. The summed E-state index contributed by atoms with van der Waals surface area (Å²) >= 11 is 0. The molecule has 0 saturated heterocycles. The number of hydrogen-bond acceptors (Lipinski definition) is 2. The second-order valence-corrected chi connectivity index (χ2v) is 6.46. The highest BCUT2D eigenvalue weighted by Gasteiger charge is 2.25. The normalized spacial score (nSPS) is 11.6. The molecule has 1 N–H and O–H groups in total. The number of hydrogen-bond donors (Lipinski definition) is 1. The van der Waals surface area contributed by atoms with Crippen LogP contribution < -0.4 is 5.32 Å². The Labute approximate surface area is 156 Å². The molecule has 0 spiro atoms. The summed E-state index contributed by atoms with van der Waals surface area (Å²) < 4.78 is 0. The quantitative estimate of drug-likeness (QED) is 0.750. The van der Waals surface area contributed by atoms with Crippen molar-refractivity contribution in [2.24, 2.45) is 0 Å². The van der Waals surface area contributed by atoms with Gasteiger partial charge in [0.15, 0.2) is 0 Å². The molecule has 0 heterocycles. The molecule has 0 radical (unpaired) electrons. The number of carbonyl (C=O) groups excluding carboxylic acids is 2. The average molecular weight is 352 g/mol. The van der Waals surface area contributed by atoms with Gasteiger partial charge in [-0.25, -0.2) is 0 Å². The molecule has 0 saturated carbocycles. The summed E-state index contributed by atoms with van der Waals surface area (Å²) in [7, 11) is 0. The zero-order valence-electron chi connectivity index (χ0n) is 15.7. The first-order valence-corrected chi connectivity index (χ1v) is 9.26. The lowest BCUT2D eigenvalue weighted by Crippen LogP contribution is -2.47. The third kappa shape index (κ3) is 6.03. The molecule has 1 atom stereocenters. The predicted molar refractivity (Wildman–Crippen MR) is 105 cm³/mol. The topological polar surface area (TPSA) is 49.4 Å². The van der Waals surface area contributed by atoms with E-state index in [9.17, 15) is 9.59 Å². The molecule has 0 aliphatic heterocycles. The van der Waals surface area contributed by atoms with Gasteiger partial charge >= 0.3 is 0 Å². The maximum Gasteiger partial charge on any atom is 0.242 e. The minimum Gasteiger partial charge on any atom is -0.354 e. The number of benzene rings is 2. The lowest BCUT2D eigenvalue weighted by Gasteiger charge is -2.29. The van der Waals surface area contributed by atoms with E-state index >= 15 is 0 Å². The fourth-order valence-electron chi connectivity index (χ4n) is 2.80. The van der Waals surface area contributed by atoms with Crippen molar-refractivity contribution in [1.82, 2.24) is 10.2 Å². The largest absolute Gasteiger partial charge is 0.354 e. The minimum atomic E-state index is -0.495. The Morgan fingerprint density at radius 3 is 2.12 bits per heavy atom. The summed E-state index contributed by atoms with van der Waals surface area (Å²) in [5, 5.41) is 2.89. The molecule has 2 aromatic carbocycles. The average Bonchev–Trinajstić information content (AvgIpc) is 2.69. The van der Waals surface area contributed by atoms with Crippen LogP contribution in [0.1, 0.15) is 37.8 Å². The molecule has 26 heavy (non-hydrogen) atoms. The zero-order chi connectivity index (χ0) is 18.8. The van der Waals surface area contributed by atoms with Crippen molar-refractivity contribution >= 4 is 11.8 Å². The molecule has 4 nitrogen and oxygen atoms in total. The second kappa shape index (κ2) is 10.4. The number of amides is 2. The Morgan fingerprint density at radius 2 is 1.54 bits per heavy atom. The standard InChI is InChI=1S/C22H28N2O2/c1-3-16-23-22(26)18(2)24(17-20-12-8-5-9-13-20)21(25)15-14-19-10-6-4-7-11-19/h4-13,18H,3,14-17H2,1-2H3,(H,23,26). The molecular weight excluding hydrogens is 324 g/mol. The third-order valence-corrected chi connectivity index (χ3v) is 4.38. The zero-order valence-corrected chi connectivity index (χ0v) is 15.7. The fourth-order valence-corrected chi connectivity index (χ4v) is 2.80. The Hall–Kier alpha value is -2.62. The van der Waals surface area contributed by atoms with Gasteiger partial charge in [0, 0.05) is 19.5 Å². The SMILES string of the molecule is CCCNC(=O)C(C)N(Cc1ccccc1)C(=O)CCc1ccccc1. The van der Waals surface area contributed by atoms with Gasteiger partial charge in [-0.15, -0.1) is 0 Å². The van der Waals surface area contributed by atoms with Gasteiger partial charge in [-0.3, -0.25) is 9.59 Å². The number of carbonyl (C=O) groups is 2. The molecule has 1 unspecified atom stereocenters. The van der Waals surface area contributed by atoms with Crippen LogP contribution in [0.3, 0.4) is 0 Å². The van der Waals surface area contributed by atoms with Gasteiger partial charge in [0.05, 0.1) is 0 Å². The van der Waals surface area contributed by atoms with Gasteiger partial charge in [0.2, 0.25) is 11.8 Å². The summed E-state index contributed by atoms with van der Waals surface area (Å²) in [4.78, 5) is 27.0. The van der Waals surface area contributed by atoms with E-state index in [-0.39, 0.29) is 11.8 Å². The summed E-state index contributed by atoms with van der Waals surface area (Å²) in [6.07, 6.45) is 1.94. The number of rotatable bonds is 9. The predicted octanol–water partition coefficient (Wildman–Crippen LogP) is 3.56. The van der Waals surface area contributed by atoms with E-state index in [1.54, 1.807) is 11.8 Å². The molecular formula is C22H28N2O2. The molecule has 0 fully saturated rings. The molecule has 138 valence electrons. The monoisotopic (exact) mass is 352 g/mol. The van der Waals surface area contributed by atoms with Crippen molar-refractivity contribution < 1.29 is 9.59 Å². The van der Waals surface area contributed by atoms with Crippen molar-refractivity contribution in [2.75, 3.05) is 6.54 Å². The van der Waals surface area contributed by atoms with Gasteiger partial charge < -0.3 is 10.2 Å². The maximum atomic E-state index is 12.9. The molecule has 2 aromatic rings. The van der Waals surface area contributed by atoms with E-state index in [0.717, 1.165) is 17.5 Å². The summed E-state index contributed by atoms with van der Waals surface area (Å²) in [6, 6.07) is 19.3. The first kappa shape index (κ1) is 19.7. The second-order valence-electron chi connectivity index (χ2n) is 6.46. The molecule has 2 rings (SSSR count). The molecule has 0 aliphatic carbocycles. The Balaban J connectivity index is 2.07. The third-order valence-electron chi connectivity index (χ3n) is 4.38. The van der Waals surface area contributed by atoms with Crippen LogP contribution in [0.5, 0.6) is 0 Å². The van der Waals surface area contributed by atoms with Crippen molar-refractivity contribution in [2.45, 2.75) is 45.7 Å². The van der Waals surface area contributed by atoms with Gasteiger partial charge in [-0.1, -0.05) is 67.6 Å². The lowest BCUT2D eigenvalue weighted by atomic mass is 10.1. The summed E-state index contributed by atoms with van der Waals surface area (Å²) in [6.45, 7) is 4.88. The van der Waals surface area contributed by atoms with Crippen molar-refractivity contribution in [3.8, 4) is 0 Å². The highest BCUT2D eigenvalue weighted by Crippen LogP contribution is 2.13. The summed E-state index contributed by atoms with van der Waals surface area (Å²) in [5.74, 6) is -0.104. The van der Waals surface area contributed by atoms with Crippen LogP contribution >= 0.6 is 0 Å². The Morgan fingerprint density at radius 1 is 0.962 bits per heavy atom. The molecule has 0 aliphatic rings. The molecule has 4 heteroatoms. The highest BCUT2D eigenvalue weighted by atomic mass is 16.2. The highest BCUT2D eigenvalue weighted by molar-refractivity contribution is 5.87. The van der Waals surface area contributed by atoms with Crippen molar-refractivity contribution in [1.29, 1.82) is 0 Å². The first-order chi connectivity index (χ1) is 12.6. The van der Waals surface area contributed by atoms with Gasteiger partial charge in [-0.2, -0.15) is 0 Å². The minimum absolute atomic E-state index is 0.00291. The van der Waals surface area contributed by atoms with E-state index in [2.05, 4.69) is 5.32 Å². The summed E-state index contributed by atoms with van der Waals surface area (Å²) in [5.41, 5.74) is 2.15. The Kier molecular flexibility index (Phi) is 7.87. The van der Waals surface area contributed by atoms with Crippen LogP contribution in [0, 0.1) is 0 Å². The smallest absolute Gasteiger partial charge is 0.242 e. The van der Waals surface area contributed by atoms with E-state index in [4.69, 9.17) is 0 Å².